The standard InChI is InChI=1S/C20H31NO3/c1-20(2)10-7-15-5-3-4-6-18(15)19(20)21-13-16(22)14-24-17-8-11-23-12-9-17/h3-6,16-17,19,21-22H,7-14H2,1-2H3. The van der Waals surface area contributed by atoms with Crippen LogP contribution in [0.15, 0.2) is 24.3 Å². The van der Waals surface area contributed by atoms with Crippen LogP contribution in [0.3, 0.4) is 0 Å². The molecule has 1 aromatic rings. The molecule has 4 nitrogen and oxygen atoms in total. The molecule has 4 heteroatoms. The van der Waals surface area contributed by atoms with Crippen LogP contribution in [0.5, 0.6) is 0 Å². The van der Waals surface area contributed by atoms with Crippen LogP contribution in [0, 0.1) is 5.41 Å². The van der Waals surface area contributed by atoms with Gasteiger partial charge >= 0.3 is 0 Å². The third-order valence-electron chi connectivity index (χ3n) is 5.44. The lowest BCUT2D eigenvalue weighted by Crippen LogP contribution is -2.42. The van der Waals surface area contributed by atoms with Gasteiger partial charge in [-0.15, -0.1) is 0 Å². The van der Waals surface area contributed by atoms with E-state index in [2.05, 4.69) is 43.4 Å². The summed E-state index contributed by atoms with van der Waals surface area (Å²) in [6, 6.07) is 8.95. The number of benzene rings is 1. The maximum Gasteiger partial charge on any atom is 0.0898 e. The average molecular weight is 333 g/mol. The zero-order valence-corrected chi connectivity index (χ0v) is 15.0. The minimum Gasteiger partial charge on any atom is -0.389 e. The van der Waals surface area contributed by atoms with E-state index in [4.69, 9.17) is 9.47 Å². The van der Waals surface area contributed by atoms with Crippen LogP contribution >= 0.6 is 0 Å². The summed E-state index contributed by atoms with van der Waals surface area (Å²) in [7, 11) is 0. The lowest BCUT2D eigenvalue weighted by Gasteiger charge is -2.41. The molecular formula is C20H31NO3. The number of aryl methyl sites for hydroxylation is 1. The maximum absolute atomic E-state index is 10.3. The van der Waals surface area contributed by atoms with Crippen molar-refractivity contribution in [2.45, 2.75) is 57.8 Å². The second-order valence-electron chi connectivity index (χ2n) is 7.83. The van der Waals surface area contributed by atoms with Gasteiger partial charge in [0.25, 0.3) is 0 Å². The molecule has 0 saturated carbocycles. The number of rotatable bonds is 6. The summed E-state index contributed by atoms with van der Waals surface area (Å²) in [5, 5.41) is 13.9. The Morgan fingerprint density at radius 2 is 2.04 bits per heavy atom. The van der Waals surface area contributed by atoms with Gasteiger partial charge in [0.15, 0.2) is 0 Å². The van der Waals surface area contributed by atoms with Gasteiger partial charge in [-0.1, -0.05) is 38.1 Å². The number of ether oxygens (including phenoxy) is 2. The highest BCUT2D eigenvalue weighted by Gasteiger charge is 2.35. The number of hydrogen-bond acceptors (Lipinski definition) is 4. The monoisotopic (exact) mass is 333 g/mol. The highest BCUT2D eigenvalue weighted by Crippen LogP contribution is 2.43. The first-order chi connectivity index (χ1) is 11.6. The summed E-state index contributed by atoms with van der Waals surface area (Å²) in [4.78, 5) is 0. The quantitative estimate of drug-likeness (QED) is 0.840. The van der Waals surface area contributed by atoms with Gasteiger partial charge in [0.2, 0.25) is 0 Å². The third-order valence-corrected chi connectivity index (χ3v) is 5.44. The fraction of sp³-hybridized carbons (Fsp3) is 0.700. The van der Waals surface area contributed by atoms with Crippen molar-refractivity contribution in [2.24, 2.45) is 5.41 Å². The summed E-state index contributed by atoms with van der Waals surface area (Å²) in [5.74, 6) is 0. The molecule has 1 heterocycles. The zero-order chi connectivity index (χ0) is 17.0. The molecule has 0 aromatic heterocycles. The van der Waals surface area contributed by atoms with E-state index < -0.39 is 6.10 Å². The van der Waals surface area contributed by atoms with Gasteiger partial charge in [0.1, 0.15) is 0 Å². The van der Waals surface area contributed by atoms with Crippen molar-refractivity contribution in [3.05, 3.63) is 35.4 Å². The molecule has 2 atom stereocenters. The van der Waals surface area contributed by atoms with Crippen molar-refractivity contribution >= 4 is 0 Å². The fourth-order valence-corrected chi connectivity index (χ4v) is 3.85. The zero-order valence-electron chi connectivity index (χ0n) is 15.0. The molecule has 1 aliphatic heterocycles. The molecule has 1 saturated heterocycles. The normalized spacial score (nSPS) is 25.2. The van der Waals surface area contributed by atoms with Crippen LogP contribution < -0.4 is 5.32 Å². The largest absolute Gasteiger partial charge is 0.389 e. The summed E-state index contributed by atoms with van der Waals surface area (Å²) in [6.45, 7) is 7.12. The lowest BCUT2D eigenvalue weighted by molar-refractivity contribution is -0.0594. The Morgan fingerprint density at radius 1 is 1.29 bits per heavy atom. The van der Waals surface area contributed by atoms with E-state index in [0.29, 0.717) is 13.2 Å². The molecular weight excluding hydrogens is 302 g/mol. The summed E-state index contributed by atoms with van der Waals surface area (Å²) in [6.07, 6.45) is 3.93. The van der Waals surface area contributed by atoms with E-state index in [0.717, 1.165) is 38.9 Å². The Bertz CT molecular complexity index is 525. The van der Waals surface area contributed by atoms with Crippen molar-refractivity contribution in [1.29, 1.82) is 0 Å². The Balaban J connectivity index is 1.52. The van der Waals surface area contributed by atoms with Gasteiger partial charge in [0.05, 0.1) is 18.8 Å². The SMILES string of the molecule is CC1(C)CCc2ccccc2C1NCC(O)COC1CCOCC1. The van der Waals surface area contributed by atoms with Crippen LogP contribution in [0.2, 0.25) is 0 Å². The lowest BCUT2D eigenvalue weighted by atomic mass is 9.70. The second-order valence-corrected chi connectivity index (χ2v) is 7.83. The number of aliphatic hydroxyl groups is 1. The van der Waals surface area contributed by atoms with Crippen LogP contribution in [-0.4, -0.2) is 43.7 Å². The molecule has 0 bridgehead atoms. The third kappa shape index (κ3) is 4.37. The summed E-state index contributed by atoms with van der Waals surface area (Å²) < 4.78 is 11.2. The molecule has 0 radical (unpaired) electrons. The molecule has 0 amide bonds. The van der Waals surface area contributed by atoms with Gasteiger partial charge in [0, 0.05) is 25.8 Å². The molecule has 0 spiro atoms. The first-order valence-corrected chi connectivity index (χ1v) is 9.25. The Labute approximate surface area is 145 Å². The molecule has 2 unspecified atom stereocenters. The minimum absolute atomic E-state index is 0.190. The van der Waals surface area contributed by atoms with Crippen molar-refractivity contribution in [2.75, 3.05) is 26.4 Å². The minimum atomic E-state index is -0.474. The van der Waals surface area contributed by atoms with Crippen molar-refractivity contribution in [3.63, 3.8) is 0 Å². The predicted molar refractivity (Wildman–Crippen MR) is 95.1 cm³/mol. The topological polar surface area (TPSA) is 50.7 Å². The Morgan fingerprint density at radius 3 is 2.83 bits per heavy atom. The number of fused-ring (bicyclic) bond motifs is 1. The highest BCUT2D eigenvalue weighted by atomic mass is 16.5. The van der Waals surface area contributed by atoms with E-state index in [1.807, 2.05) is 0 Å². The highest BCUT2D eigenvalue weighted by molar-refractivity contribution is 5.34. The molecule has 24 heavy (non-hydrogen) atoms. The van der Waals surface area contributed by atoms with E-state index in [-0.39, 0.29) is 17.6 Å². The van der Waals surface area contributed by atoms with Crippen LogP contribution in [0.4, 0.5) is 0 Å². The van der Waals surface area contributed by atoms with Crippen LogP contribution in [-0.2, 0) is 15.9 Å². The fourth-order valence-electron chi connectivity index (χ4n) is 3.85. The number of aliphatic hydroxyl groups excluding tert-OH is 1. The summed E-state index contributed by atoms with van der Waals surface area (Å²) in [5.41, 5.74) is 3.00. The molecule has 2 N–H and O–H groups in total. The van der Waals surface area contributed by atoms with E-state index in [9.17, 15) is 5.11 Å². The molecule has 3 rings (SSSR count). The Kier molecular flexibility index (Phi) is 5.93. The van der Waals surface area contributed by atoms with Crippen molar-refractivity contribution in [3.8, 4) is 0 Å². The van der Waals surface area contributed by atoms with E-state index >= 15 is 0 Å². The van der Waals surface area contributed by atoms with E-state index in [1.165, 1.54) is 11.1 Å². The molecule has 1 fully saturated rings. The second kappa shape index (κ2) is 7.96. The van der Waals surface area contributed by atoms with Crippen LogP contribution in [0.25, 0.3) is 0 Å². The molecule has 1 aromatic carbocycles. The van der Waals surface area contributed by atoms with Gasteiger partial charge in [-0.25, -0.2) is 0 Å². The maximum atomic E-state index is 10.3. The van der Waals surface area contributed by atoms with Gasteiger partial charge in [-0.2, -0.15) is 0 Å². The van der Waals surface area contributed by atoms with Gasteiger partial charge in [-0.3, -0.25) is 0 Å². The first kappa shape index (κ1) is 17.9. The van der Waals surface area contributed by atoms with Gasteiger partial charge in [-0.05, 0) is 42.2 Å². The smallest absolute Gasteiger partial charge is 0.0898 e. The van der Waals surface area contributed by atoms with Gasteiger partial charge < -0.3 is 19.9 Å². The summed E-state index contributed by atoms with van der Waals surface area (Å²) >= 11 is 0. The Hall–Kier alpha value is -0.940. The number of nitrogens with one attached hydrogen (secondary N) is 1. The van der Waals surface area contributed by atoms with Crippen molar-refractivity contribution in [1.82, 2.24) is 5.32 Å². The van der Waals surface area contributed by atoms with E-state index in [1.54, 1.807) is 0 Å². The molecule has 134 valence electrons. The number of hydrogen-bond donors (Lipinski definition) is 2. The predicted octanol–water partition coefficient (Wildman–Crippen LogP) is 2.85. The molecule has 2 aliphatic rings. The molecule has 1 aliphatic carbocycles. The van der Waals surface area contributed by atoms with Crippen LogP contribution in [0.1, 0.15) is 50.3 Å². The van der Waals surface area contributed by atoms with Crippen molar-refractivity contribution < 1.29 is 14.6 Å². The average Bonchev–Trinajstić information content (AvgIpc) is 2.59. The first-order valence-electron chi connectivity index (χ1n) is 9.25.